The van der Waals surface area contributed by atoms with Crippen molar-refractivity contribution in [3.8, 4) is 0 Å². The summed E-state index contributed by atoms with van der Waals surface area (Å²) in [5.74, 6) is -0.431. The lowest BCUT2D eigenvalue weighted by atomic mass is 9.97. The number of amides is 2. The molecular formula is C20H24N2O2. The van der Waals surface area contributed by atoms with E-state index >= 15 is 0 Å². The Morgan fingerprint density at radius 1 is 0.792 bits per heavy atom. The van der Waals surface area contributed by atoms with Crippen LogP contribution in [0.2, 0.25) is 0 Å². The molecule has 0 atom stereocenters. The number of aryl methyl sites for hydroxylation is 2. The Kier molecular flexibility index (Phi) is 5.07. The Morgan fingerprint density at radius 3 is 2.08 bits per heavy atom. The van der Waals surface area contributed by atoms with Crippen molar-refractivity contribution in [1.82, 2.24) is 0 Å². The minimum absolute atomic E-state index is 0.203. The van der Waals surface area contributed by atoms with Gasteiger partial charge in [-0.05, 0) is 75.1 Å². The second-order valence-corrected chi connectivity index (χ2v) is 6.30. The van der Waals surface area contributed by atoms with E-state index in [1.807, 2.05) is 32.9 Å². The minimum atomic E-state index is -0.229. The largest absolute Gasteiger partial charge is 0.326 e. The molecule has 24 heavy (non-hydrogen) atoms. The van der Waals surface area contributed by atoms with Gasteiger partial charge in [-0.25, -0.2) is 0 Å². The van der Waals surface area contributed by atoms with Crippen LogP contribution in [0.1, 0.15) is 45.1 Å². The van der Waals surface area contributed by atoms with Crippen LogP contribution in [0.4, 0.5) is 11.4 Å². The molecule has 2 amide bonds. The van der Waals surface area contributed by atoms with Gasteiger partial charge in [0.25, 0.3) is 5.91 Å². The summed E-state index contributed by atoms with van der Waals surface area (Å²) < 4.78 is 0. The van der Waals surface area contributed by atoms with Crippen LogP contribution in [0.25, 0.3) is 0 Å². The number of hydrogen-bond donors (Lipinski definition) is 2. The van der Waals surface area contributed by atoms with Crippen LogP contribution in [0, 0.1) is 34.6 Å². The van der Waals surface area contributed by atoms with Gasteiger partial charge in [-0.3, -0.25) is 9.59 Å². The lowest BCUT2D eigenvalue weighted by Gasteiger charge is -2.16. The first-order chi connectivity index (χ1) is 11.2. The zero-order valence-electron chi connectivity index (χ0n) is 15.1. The van der Waals surface area contributed by atoms with Crippen molar-refractivity contribution >= 4 is 23.2 Å². The SMILES string of the molecule is CC(=O)Nc1ccc(C)cc1C(=O)Nc1cc(C)c(C)c(C)c1C. The van der Waals surface area contributed by atoms with E-state index in [1.165, 1.54) is 18.1 Å². The van der Waals surface area contributed by atoms with E-state index in [1.54, 1.807) is 12.1 Å². The molecule has 0 saturated heterocycles. The Morgan fingerprint density at radius 2 is 1.46 bits per heavy atom. The average molecular weight is 324 g/mol. The molecule has 2 aromatic rings. The highest BCUT2D eigenvalue weighted by molar-refractivity contribution is 6.10. The van der Waals surface area contributed by atoms with Gasteiger partial charge in [0.15, 0.2) is 0 Å². The van der Waals surface area contributed by atoms with Gasteiger partial charge >= 0.3 is 0 Å². The van der Waals surface area contributed by atoms with Gasteiger partial charge in [0.2, 0.25) is 5.91 Å². The van der Waals surface area contributed by atoms with Gasteiger partial charge < -0.3 is 10.6 Å². The molecule has 4 nitrogen and oxygen atoms in total. The molecule has 0 fully saturated rings. The van der Waals surface area contributed by atoms with Gasteiger partial charge in [0.05, 0.1) is 11.3 Å². The summed E-state index contributed by atoms with van der Waals surface area (Å²) >= 11 is 0. The monoisotopic (exact) mass is 324 g/mol. The van der Waals surface area contributed by atoms with Crippen LogP contribution in [0.15, 0.2) is 24.3 Å². The highest BCUT2D eigenvalue weighted by Crippen LogP contribution is 2.26. The number of nitrogens with one attached hydrogen (secondary N) is 2. The lowest BCUT2D eigenvalue weighted by molar-refractivity contribution is -0.114. The summed E-state index contributed by atoms with van der Waals surface area (Å²) in [6.45, 7) is 11.5. The number of carbonyl (C=O) groups excluding carboxylic acids is 2. The van der Waals surface area contributed by atoms with Crippen molar-refractivity contribution in [3.63, 3.8) is 0 Å². The predicted molar refractivity (Wildman–Crippen MR) is 98.8 cm³/mol. The van der Waals surface area contributed by atoms with Crippen molar-refractivity contribution in [3.05, 3.63) is 57.6 Å². The molecule has 0 bridgehead atoms. The summed E-state index contributed by atoms with van der Waals surface area (Å²) in [4.78, 5) is 24.1. The quantitative estimate of drug-likeness (QED) is 0.877. The van der Waals surface area contributed by atoms with Crippen molar-refractivity contribution in [2.75, 3.05) is 10.6 Å². The van der Waals surface area contributed by atoms with E-state index in [0.717, 1.165) is 22.4 Å². The zero-order chi connectivity index (χ0) is 18.0. The van der Waals surface area contributed by atoms with E-state index < -0.39 is 0 Å². The Labute approximate surface area is 143 Å². The number of hydrogen-bond acceptors (Lipinski definition) is 2. The van der Waals surface area contributed by atoms with Crippen LogP contribution in [-0.4, -0.2) is 11.8 Å². The van der Waals surface area contributed by atoms with Crippen molar-refractivity contribution < 1.29 is 9.59 Å². The molecule has 0 aliphatic carbocycles. The topological polar surface area (TPSA) is 58.2 Å². The van der Waals surface area contributed by atoms with Gasteiger partial charge in [0.1, 0.15) is 0 Å². The van der Waals surface area contributed by atoms with Crippen molar-refractivity contribution in [2.45, 2.75) is 41.5 Å². The van der Waals surface area contributed by atoms with Crippen LogP contribution in [0.3, 0.4) is 0 Å². The Bertz CT molecular complexity index is 823. The molecule has 2 aromatic carbocycles. The molecule has 2 N–H and O–H groups in total. The number of rotatable bonds is 3. The summed E-state index contributed by atoms with van der Waals surface area (Å²) in [7, 11) is 0. The van der Waals surface area contributed by atoms with Crippen molar-refractivity contribution in [2.24, 2.45) is 0 Å². The van der Waals surface area contributed by atoms with Gasteiger partial charge in [-0.2, -0.15) is 0 Å². The average Bonchev–Trinajstić information content (AvgIpc) is 2.51. The van der Waals surface area contributed by atoms with Crippen LogP contribution >= 0.6 is 0 Å². The summed E-state index contributed by atoms with van der Waals surface area (Å²) in [5.41, 5.74) is 7.35. The molecule has 4 heteroatoms. The van der Waals surface area contributed by atoms with Crippen molar-refractivity contribution in [1.29, 1.82) is 0 Å². The van der Waals surface area contributed by atoms with E-state index in [-0.39, 0.29) is 11.8 Å². The third-order valence-electron chi connectivity index (χ3n) is 4.46. The summed E-state index contributed by atoms with van der Waals surface area (Å²) in [6, 6.07) is 7.39. The fourth-order valence-electron chi connectivity index (χ4n) is 2.68. The molecule has 0 radical (unpaired) electrons. The first-order valence-corrected chi connectivity index (χ1v) is 7.97. The zero-order valence-corrected chi connectivity index (χ0v) is 15.1. The molecular weight excluding hydrogens is 300 g/mol. The van der Waals surface area contributed by atoms with Gasteiger partial charge in [0, 0.05) is 12.6 Å². The number of anilines is 2. The normalized spacial score (nSPS) is 10.4. The van der Waals surface area contributed by atoms with Crippen LogP contribution in [-0.2, 0) is 4.79 Å². The molecule has 0 heterocycles. The molecule has 0 aromatic heterocycles. The van der Waals surface area contributed by atoms with E-state index in [9.17, 15) is 9.59 Å². The fraction of sp³-hybridized carbons (Fsp3) is 0.300. The van der Waals surface area contributed by atoms with E-state index in [4.69, 9.17) is 0 Å². The summed E-state index contributed by atoms with van der Waals surface area (Å²) in [6.07, 6.45) is 0. The standard InChI is InChI=1S/C20H24N2O2/c1-11-7-8-18(21-16(6)23)17(9-11)20(24)22-19-10-12(2)13(3)14(4)15(19)5/h7-10H,1-6H3,(H,21,23)(H,22,24). The third-order valence-corrected chi connectivity index (χ3v) is 4.46. The highest BCUT2D eigenvalue weighted by Gasteiger charge is 2.15. The molecule has 0 saturated carbocycles. The number of carbonyl (C=O) groups is 2. The maximum Gasteiger partial charge on any atom is 0.257 e. The molecule has 0 spiro atoms. The molecule has 126 valence electrons. The molecule has 2 rings (SSSR count). The van der Waals surface area contributed by atoms with Crippen LogP contribution < -0.4 is 10.6 Å². The van der Waals surface area contributed by atoms with E-state index in [2.05, 4.69) is 24.5 Å². The smallest absolute Gasteiger partial charge is 0.257 e. The molecule has 0 aliphatic rings. The maximum absolute atomic E-state index is 12.8. The highest BCUT2D eigenvalue weighted by atomic mass is 16.2. The fourth-order valence-corrected chi connectivity index (χ4v) is 2.68. The minimum Gasteiger partial charge on any atom is -0.326 e. The second-order valence-electron chi connectivity index (χ2n) is 6.30. The van der Waals surface area contributed by atoms with E-state index in [0.29, 0.717) is 11.3 Å². The van der Waals surface area contributed by atoms with Crippen LogP contribution in [0.5, 0.6) is 0 Å². The first kappa shape index (κ1) is 17.7. The predicted octanol–water partition coefficient (Wildman–Crippen LogP) is 4.44. The van der Waals surface area contributed by atoms with Gasteiger partial charge in [-0.15, -0.1) is 0 Å². The molecule has 0 aliphatic heterocycles. The van der Waals surface area contributed by atoms with Gasteiger partial charge in [-0.1, -0.05) is 11.6 Å². The summed E-state index contributed by atoms with van der Waals surface area (Å²) in [5, 5.41) is 5.70. The number of benzene rings is 2. The first-order valence-electron chi connectivity index (χ1n) is 7.97. The Balaban J connectivity index is 2.41. The Hall–Kier alpha value is -2.62. The molecule has 0 unspecified atom stereocenters. The lowest BCUT2D eigenvalue weighted by Crippen LogP contribution is -2.17. The second kappa shape index (κ2) is 6.87. The third kappa shape index (κ3) is 3.65. The maximum atomic E-state index is 12.8.